The summed E-state index contributed by atoms with van der Waals surface area (Å²) in [5.41, 5.74) is 0.229. The Morgan fingerprint density at radius 3 is 2.76 bits per heavy atom. The summed E-state index contributed by atoms with van der Waals surface area (Å²) in [5, 5.41) is 0.130. The normalized spacial score (nSPS) is 11.0. The maximum absolute atomic E-state index is 12.2. The monoisotopic (exact) mass is 322 g/mol. The first-order chi connectivity index (χ1) is 9.99. The number of aromatic nitrogens is 4. The highest BCUT2D eigenvalue weighted by molar-refractivity contribution is 6.36. The van der Waals surface area contributed by atoms with Gasteiger partial charge in [0, 0.05) is 12.3 Å². The first-order valence-corrected chi connectivity index (χ1v) is 6.67. The zero-order valence-corrected chi connectivity index (χ0v) is 12.2. The minimum absolute atomic E-state index is 0.0611. The molecule has 0 aliphatic heterocycles. The maximum Gasteiger partial charge on any atom is 0.333 e. The maximum atomic E-state index is 12.2. The van der Waals surface area contributed by atoms with Crippen molar-refractivity contribution in [1.29, 1.82) is 0 Å². The summed E-state index contributed by atoms with van der Waals surface area (Å²) in [5.74, 6) is 0. The van der Waals surface area contributed by atoms with Crippen molar-refractivity contribution in [2.24, 2.45) is 0 Å². The lowest BCUT2D eigenvalue weighted by Crippen LogP contribution is -2.30. The molecule has 6 nitrogen and oxygen atoms in total. The molecule has 3 heterocycles. The van der Waals surface area contributed by atoms with E-state index in [1.807, 2.05) is 0 Å². The molecule has 21 heavy (non-hydrogen) atoms. The topological polar surface area (TPSA) is 80.6 Å². The molecule has 0 atom stereocenters. The summed E-state index contributed by atoms with van der Waals surface area (Å²) >= 11 is 11.9. The van der Waals surface area contributed by atoms with Gasteiger partial charge in [-0.3, -0.25) is 19.3 Å². The molecular formula is C13H8Cl2N4O2. The van der Waals surface area contributed by atoms with Gasteiger partial charge in [-0.1, -0.05) is 23.2 Å². The Balaban J connectivity index is 2.58. The van der Waals surface area contributed by atoms with E-state index in [1.165, 1.54) is 10.6 Å². The van der Waals surface area contributed by atoms with Crippen LogP contribution in [0.5, 0.6) is 0 Å². The van der Waals surface area contributed by atoms with Crippen LogP contribution in [0.2, 0.25) is 10.3 Å². The summed E-state index contributed by atoms with van der Waals surface area (Å²) < 4.78 is 1.30. The molecule has 3 rings (SSSR count). The molecule has 0 aromatic carbocycles. The van der Waals surface area contributed by atoms with Crippen molar-refractivity contribution in [2.45, 2.75) is 6.92 Å². The number of hydrogen-bond donors (Lipinski definition) is 1. The van der Waals surface area contributed by atoms with Gasteiger partial charge in [-0.2, -0.15) is 0 Å². The van der Waals surface area contributed by atoms with Gasteiger partial charge in [-0.05, 0) is 19.1 Å². The number of rotatable bonds is 1. The van der Waals surface area contributed by atoms with Crippen LogP contribution in [0.15, 0.2) is 34.0 Å². The van der Waals surface area contributed by atoms with E-state index in [2.05, 4.69) is 15.0 Å². The van der Waals surface area contributed by atoms with Gasteiger partial charge < -0.3 is 0 Å². The molecular weight excluding hydrogens is 315 g/mol. The SMILES string of the molecule is Cc1ncccc1-n1c(=O)[nH]c(=O)c2c(Cl)nc(Cl)cc21. The predicted molar refractivity (Wildman–Crippen MR) is 80.5 cm³/mol. The first kappa shape index (κ1) is 13.8. The number of nitrogens with one attached hydrogen (secondary N) is 1. The summed E-state index contributed by atoms with van der Waals surface area (Å²) in [6.07, 6.45) is 1.61. The van der Waals surface area contributed by atoms with Gasteiger partial charge in [0.25, 0.3) is 5.56 Å². The molecule has 106 valence electrons. The van der Waals surface area contributed by atoms with Crippen molar-refractivity contribution < 1.29 is 0 Å². The van der Waals surface area contributed by atoms with Crippen LogP contribution < -0.4 is 11.2 Å². The lowest BCUT2D eigenvalue weighted by molar-refractivity contribution is 0.920. The zero-order chi connectivity index (χ0) is 15.1. The Bertz CT molecular complexity index is 978. The lowest BCUT2D eigenvalue weighted by Gasteiger charge is -2.11. The summed E-state index contributed by atoms with van der Waals surface area (Å²) in [6, 6.07) is 4.83. The van der Waals surface area contributed by atoms with Gasteiger partial charge in [-0.25, -0.2) is 9.78 Å². The third-order valence-corrected chi connectivity index (χ3v) is 3.50. The number of halogens is 2. The highest BCUT2D eigenvalue weighted by Gasteiger charge is 2.15. The van der Waals surface area contributed by atoms with E-state index in [9.17, 15) is 9.59 Å². The Morgan fingerprint density at radius 2 is 2.05 bits per heavy atom. The van der Waals surface area contributed by atoms with Crippen molar-refractivity contribution >= 4 is 34.1 Å². The number of aryl methyl sites for hydroxylation is 1. The van der Waals surface area contributed by atoms with Gasteiger partial charge in [0.2, 0.25) is 0 Å². The Morgan fingerprint density at radius 1 is 1.29 bits per heavy atom. The number of nitrogens with zero attached hydrogens (tertiary/aromatic N) is 3. The van der Waals surface area contributed by atoms with Crippen LogP contribution in [-0.2, 0) is 0 Å². The third kappa shape index (κ3) is 2.22. The summed E-state index contributed by atoms with van der Waals surface area (Å²) in [6.45, 7) is 1.75. The van der Waals surface area contributed by atoms with Crippen LogP contribution in [0, 0.1) is 6.92 Å². The Hall–Kier alpha value is -2.18. The smallest absolute Gasteiger partial charge is 0.273 e. The third-order valence-electron chi connectivity index (χ3n) is 3.03. The minimum atomic E-state index is -0.609. The Labute approximate surface area is 128 Å². The van der Waals surface area contributed by atoms with Crippen LogP contribution in [0.4, 0.5) is 0 Å². The summed E-state index contributed by atoms with van der Waals surface area (Å²) in [7, 11) is 0. The van der Waals surface area contributed by atoms with Gasteiger partial charge in [-0.15, -0.1) is 0 Å². The number of H-pyrrole nitrogens is 1. The fourth-order valence-corrected chi connectivity index (χ4v) is 2.64. The van der Waals surface area contributed by atoms with Crippen molar-refractivity contribution in [3.8, 4) is 5.69 Å². The largest absolute Gasteiger partial charge is 0.333 e. The Kier molecular flexibility index (Phi) is 3.27. The second-order valence-corrected chi connectivity index (χ2v) is 5.08. The van der Waals surface area contributed by atoms with Crippen molar-refractivity contribution in [1.82, 2.24) is 19.5 Å². The molecule has 0 unspecified atom stereocenters. The fourth-order valence-electron chi connectivity index (χ4n) is 2.14. The van der Waals surface area contributed by atoms with Crippen molar-refractivity contribution in [2.75, 3.05) is 0 Å². The molecule has 0 aliphatic carbocycles. The van der Waals surface area contributed by atoms with E-state index < -0.39 is 11.2 Å². The molecule has 8 heteroatoms. The molecule has 0 saturated heterocycles. The highest BCUT2D eigenvalue weighted by atomic mass is 35.5. The van der Waals surface area contributed by atoms with Crippen LogP contribution >= 0.6 is 23.2 Å². The second-order valence-electron chi connectivity index (χ2n) is 4.33. The number of fused-ring (bicyclic) bond motifs is 1. The van der Waals surface area contributed by atoms with Gasteiger partial charge >= 0.3 is 5.69 Å². The molecule has 0 bridgehead atoms. The van der Waals surface area contributed by atoms with Crippen LogP contribution in [-0.4, -0.2) is 19.5 Å². The molecule has 1 N–H and O–H groups in total. The standard InChI is InChI=1S/C13H8Cl2N4O2/c1-6-7(3-2-4-16-6)19-8-5-9(14)17-11(15)10(8)12(20)18-13(19)21/h2-5H,1H3,(H,18,20,21). The molecule has 3 aromatic rings. The van der Waals surface area contributed by atoms with E-state index in [-0.39, 0.29) is 21.2 Å². The van der Waals surface area contributed by atoms with E-state index in [0.29, 0.717) is 11.4 Å². The molecule has 0 saturated carbocycles. The minimum Gasteiger partial charge on any atom is -0.273 e. The molecule has 0 amide bonds. The summed E-state index contributed by atoms with van der Waals surface area (Å²) in [4.78, 5) is 34.3. The fraction of sp³-hybridized carbons (Fsp3) is 0.0769. The van der Waals surface area contributed by atoms with Crippen molar-refractivity contribution in [3.63, 3.8) is 0 Å². The molecule has 0 aliphatic rings. The van der Waals surface area contributed by atoms with Crippen LogP contribution in [0.25, 0.3) is 16.6 Å². The number of aromatic amines is 1. The average molecular weight is 323 g/mol. The number of hydrogen-bond acceptors (Lipinski definition) is 4. The molecule has 0 spiro atoms. The lowest BCUT2D eigenvalue weighted by atomic mass is 10.2. The highest BCUT2D eigenvalue weighted by Crippen LogP contribution is 2.23. The predicted octanol–water partition coefficient (Wildman–Crippen LogP) is 2.08. The molecule has 0 fully saturated rings. The quantitative estimate of drug-likeness (QED) is 0.695. The van der Waals surface area contributed by atoms with Crippen LogP contribution in [0.3, 0.4) is 0 Å². The van der Waals surface area contributed by atoms with Gasteiger partial charge in [0.05, 0.1) is 16.9 Å². The van der Waals surface area contributed by atoms with E-state index in [0.717, 1.165) is 0 Å². The molecule has 0 radical (unpaired) electrons. The first-order valence-electron chi connectivity index (χ1n) is 5.92. The van der Waals surface area contributed by atoms with Gasteiger partial charge in [0.15, 0.2) is 0 Å². The molecule has 3 aromatic heterocycles. The average Bonchev–Trinajstić information content (AvgIpc) is 2.39. The second kappa shape index (κ2) is 4.98. The number of pyridine rings is 2. The van der Waals surface area contributed by atoms with E-state index >= 15 is 0 Å². The van der Waals surface area contributed by atoms with E-state index in [4.69, 9.17) is 23.2 Å². The van der Waals surface area contributed by atoms with Crippen molar-refractivity contribution in [3.05, 3.63) is 61.2 Å². The van der Waals surface area contributed by atoms with Gasteiger partial charge in [0.1, 0.15) is 15.7 Å². The zero-order valence-electron chi connectivity index (χ0n) is 10.7. The van der Waals surface area contributed by atoms with E-state index in [1.54, 1.807) is 25.3 Å². The van der Waals surface area contributed by atoms with Crippen LogP contribution in [0.1, 0.15) is 5.69 Å².